The molecule has 97 heavy (non-hydrogen) atoms. The van der Waals surface area contributed by atoms with Crippen molar-refractivity contribution in [3.05, 3.63) is 0 Å². The number of aliphatic hydroxyl groups excluding tert-OH is 1. The number of carbonyl (C=O) groups is 4. The summed E-state index contributed by atoms with van der Waals surface area (Å²) in [4.78, 5) is 72.9. The van der Waals surface area contributed by atoms with Crippen molar-refractivity contribution in [3.63, 3.8) is 0 Å². The molecule has 0 aliphatic carbocycles. The molecule has 0 rings (SSSR count). The summed E-state index contributed by atoms with van der Waals surface area (Å²) in [5, 5.41) is 10.6. The molecular weight excluding hydrogens is 1270 g/mol. The van der Waals surface area contributed by atoms with Crippen LogP contribution in [0.25, 0.3) is 0 Å². The van der Waals surface area contributed by atoms with Gasteiger partial charge < -0.3 is 33.8 Å². The molecule has 0 aliphatic heterocycles. The van der Waals surface area contributed by atoms with Crippen LogP contribution in [0.4, 0.5) is 0 Å². The minimum absolute atomic E-state index is 0.106. The largest absolute Gasteiger partial charge is 0.472 e. The normalized spacial score (nSPS) is 14.0. The van der Waals surface area contributed by atoms with Gasteiger partial charge in [0.05, 0.1) is 26.4 Å². The van der Waals surface area contributed by atoms with Crippen molar-refractivity contribution in [2.45, 2.75) is 426 Å². The molecule has 0 aliphatic rings. The number of esters is 4. The first kappa shape index (κ1) is 95.1. The minimum Gasteiger partial charge on any atom is -0.462 e. The van der Waals surface area contributed by atoms with Crippen molar-refractivity contribution in [3.8, 4) is 0 Å². The standard InChI is InChI=1S/C78H152O17P2/c1-7-9-11-13-15-17-19-20-21-22-23-24-25-26-31-38-44-50-56-62-77(82)94-74(67-89-76(81)61-55-49-43-37-30-28-27-29-34-40-46-52-58-70(3)4)69-93-97(86,87)91-65-72(79)64-90-96(84,85)92-68-73(66-88-75(80)60-54-48-42-36-18-16-14-12-10-8-2)95-78(83)63-57-51-45-39-33-32-35-41-47-53-59-71(5)6/h70-74,79H,7-69H2,1-6H3,(H,84,85)(H,86,87)/t72-,73+,74+/m0/s1. The Morgan fingerprint density at radius 3 is 0.701 bits per heavy atom. The van der Waals surface area contributed by atoms with Gasteiger partial charge in [-0.05, 0) is 37.5 Å². The van der Waals surface area contributed by atoms with Gasteiger partial charge in [0.1, 0.15) is 19.3 Å². The molecule has 0 bridgehead atoms. The zero-order valence-electron chi connectivity index (χ0n) is 63.4. The fraction of sp³-hybridized carbons (Fsp3) is 0.949. The average molecular weight is 1420 g/mol. The van der Waals surface area contributed by atoms with Crippen LogP contribution in [0.1, 0.15) is 408 Å². The minimum atomic E-state index is -4.96. The summed E-state index contributed by atoms with van der Waals surface area (Å²) in [6, 6.07) is 0. The number of carbonyl (C=O) groups excluding carboxylic acids is 4. The van der Waals surface area contributed by atoms with E-state index in [9.17, 15) is 43.2 Å². The summed E-state index contributed by atoms with van der Waals surface area (Å²) in [7, 11) is -9.91. The Labute approximate surface area is 594 Å². The van der Waals surface area contributed by atoms with E-state index in [1.807, 2.05) is 0 Å². The molecule has 0 spiro atoms. The molecule has 2 unspecified atom stereocenters. The Morgan fingerprint density at radius 1 is 0.278 bits per heavy atom. The van der Waals surface area contributed by atoms with Gasteiger partial charge in [-0.2, -0.15) is 0 Å². The van der Waals surface area contributed by atoms with Gasteiger partial charge in [0.2, 0.25) is 0 Å². The van der Waals surface area contributed by atoms with Crippen LogP contribution in [0.15, 0.2) is 0 Å². The third-order valence-electron chi connectivity index (χ3n) is 18.2. The first-order valence-corrected chi connectivity index (χ1v) is 43.5. The summed E-state index contributed by atoms with van der Waals surface area (Å²) in [6.45, 7) is 9.61. The summed E-state index contributed by atoms with van der Waals surface area (Å²) in [5.41, 5.74) is 0. The van der Waals surface area contributed by atoms with E-state index in [4.69, 9.17) is 37.0 Å². The van der Waals surface area contributed by atoms with Crippen molar-refractivity contribution in [2.24, 2.45) is 11.8 Å². The number of phosphoric acid groups is 2. The molecule has 0 aromatic heterocycles. The van der Waals surface area contributed by atoms with Gasteiger partial charge >= 0.3 is 39.5 Å². The first-order chi connectivity index (χ1) is 46.9. The lowest BCUT2D eigenvalue weighted by molar-refractivity contribution is -0.161. The molecule has 0 radical (unpaired) electrons. The highest BCUT2D eigenvalue weighted by atomic mass is 31.2. The van der Waals surface area contributed by atoms with Gasteiger partial charge in [0.15, 0.2) is 12.2 Å². The topological polar surface area (TPSA) is 237 Å². The second-order valence-corrected chi connectivity index (χ2v) is 32.0. The maximum absolute atomic E-state index is 13.1. The van der Waals surface area contributed by atoms with Crippen molar-refractivity contribution in [2.75, 3.05) is 39.6 Å². The van der Waals surface area contributed by atoms with E-state index in [2.05, 4.69) is 41.5 Å². The third kappa shape index (κ3) is 72.2. The number of hydrogen-bond donors (Lipinski definition) is 3. The molecule has 5 atom stereocenters. The van der Waals surface area contributed by atoms with Crippen LogP contribution in [-0.2, 0) is 65.4 Å². The van der Waals surface area contributed by atoms with Crippen LogP contribution in [0, 0.1) is 11.8 Å². The molecule has 0 fully saturated rings. The lowest BCUT2D eigenvalue weighted by atomic mass is 10.0. The zero-order valence-corrected chi connectivity index (χ0v) is 65.2. The number of rotatable bonds is 77. The third-order valence-corrected chi connectivity index (χ3v) is 20.1. The predicted molar refractivity (Wildman–Crippen MR) is 395 cm³/mol. The van der Waals surface area contributed by atoms with E-state index < -0.39 is 97.5 Å². The SMILES string of the molecule is CCCCCCCCCCCCCCCCCCCCCC(=O)O[C@H](COC(=O)CCCCCCCCCCCCCCC(C)C)COP(=O)(O)OC[C@@H](O)COP(=O)(O)OC[C@@H](COC(=O)CCCCCCCCCCCC)OC(=O)CCCCCCCCCCCCC(C)C. The van der Waals surface area contributed by atoms with E-state index in [0.717, 1.165) is 102 Å². The monoisotopic (exact) mass is 1420 g/mol. The van der Waals surface area contributed by atoms with Crippen LogP contribution < -0.4 is 0 Å². The van der Waals surface area contributed by atoms with Crippen LogP contribution in [0.5, 0.6) is 0 Å². The van der Waals surface area contributed by atoms with Crippen molar-refractivity contribution in [1.82, 2.24) is 0 Å². The molecular formula is C78H152O17P2. The molecule has 0 heterocycles. The highest BCUT2D eigenvalue weighted by Crippen LogP contribution is 2.45. The average Bonchev–Trinajstić information content (AvgIpc) is 1.04. The molecule has 0 aromatic rings. The van der Waals surface area contributed by atoms with Crippen LogP contribution in [0.2, 0.25) is 0 Å². The highest BCUT2D eigenvalue weighted by molar-refractivity contribution is 7.47. The van der Waals surface area contributed by atoms with Crippen molar-refractivity contribution in [1.29, 1.82) is 0 Å². The number of aliphatic hydroxyl groups is 1. The first-order valence-electron chi connectivity index (χ1n) is 40.5. The van der Waals surface area contributed by atoms with Crippen LogP contribution in [0.3, 0.4) is 0 Å². The molecule has 19 heteroatoms. The smallest absolute Gasteiger partial charge is 0.462 e. The number of phosphoric ester groups is 2. The molecule has 0 aromatic carbocycles. The molecule has 17 nitrogen and oxygen atoms in total. The quantitative estimate of drug-likeness (QED) is 0.0222. The molecule has 3 N–H and O–H groups in total. The second kappa shape index (κ2) is 69.8. The van der Waals surface area contributed by atoms with Gasteiger partial charge in [0.25, 0.3) is 0 Å². The Hall–Kier alpha value is -1.94. The summed E-state index contributed by atoms with van der Waals surface area (Å²) < 4.78 is 68.6. The van der Waals surface area contributed by atoms with Crippen molar-refractivity contribution < 1.29 is 80.2 Å². The molecule has 0 saturated heterocycles. The maximum atomic E-state index is 13.1. The van der Waals surface area contributed by atoms with Gasteiger partial charge in [0, 0.05) is 25.7 Å². The number of ether oxygens (including phenoxy) is 4. The van der Waals surface area contributed by atoms with E-state index in [0.29, 0.717) is 25.7 Å². The van der Waals surface area contributed by atoms with Crippen LogP contribution in [-0.4, -0.2) is 96.7 Å². The van der Waals surface area contributed by atoms with Gasteiger partial charge in [-0.25, -0.2) is 9.13 Å². The Balaban J connectivity index is 5.23. The van der Waals surface area contributed by atoms with E-state index in [-0.39, 0.29) is 25.7 Å². The number of hydrogen-bond acceptors (Lipinski definition) is 15. The van der Waals surface area contributed by atoms with E-state index in [1.165, 1.54) is 225 Å². The van der Waals surface area contributed by atoms with Gasteiger partial charge in [-0.15, -0.1) is 0 Å². The molecule has 0 saturated carbocycles. The van der Waals surface area contributed by atoms with Gasteiger partial charge in [-0.3, -0.25) is 37.3 Å². The lowest BCUT2D eigenvalue weighted by Gasteiger charge is -2.21. The summed E-state index contributed by atoms with van der Waals surface area (Å²) in [6.07, 6.45) is 58.2. The predicted octanol–water partition coefficient (Wildman–Crippen LogP) is 23.1. The number of unbranched alkanes of at least 4 members (excludes halogenated alkanes) is 47. The Kier molecular flexibility index (Phi) is 68.4. The molecule has 576 valence electrons. The summed E-state index contributed by atoms with van der Waals surface area (Å²) >= 11 is 0. The fourth-order valence-electron chi connectivity index (χ4n) is 12.0. The van der Waals surface area contributed by atoms with Crippen molar-refractivity contribution >= 4 is 39.5 Å². The lowest BCUT2D eigenvalue weighted by Crippen LogP contribution is -2.30. The van der Waals surface area contributed by atoms with E-state index in [1.54, 1.807) is 0 Å². The Bertz CT molecular complexity index is 1870. The molecule has 0 amide bonds. The Morgan fingerprint density at radius 2 is 0.474 bits per heavy atom. The van der Waals surface area contributed by atoms with Crippen LogP contribution >= 0.6 is 15.6 Å². The maximum Gasteiger partial charge on any atom is 0.472 e. The van der Waals surface area contributed by atoms with Gasteiger partial charge in [-0.1, -0.05) is 356 Å². The van der Waals surface area contributed by atoms with E-state index >= 15 is 0 Å². The highest BCUT2D eigenvalue weighted by Gasteiger charge is 2.30. The zero-order chi connectivity index (χ0) is 71.4. The summed E-state index contributed by atoms with van der Waals surface area (Å²) in [5.74, 6) is -0.579. The fourth-order valence-corrected chi connectivity index (χ4v) is 13.6. The second-order valence-electron chi connectivity index (χ2n) is 29.1.